The first-order chi connectivity index (χ1) is 54.9. The highest BCUT2D eigenvalue weighted by atomic mass is 32.2. The first-order valence-corrected chi connectivity index (χ1v) is 48.1. The van der Waals surface area contributed by atoms with Crippen molar-refractivity contribution in [2.75, 3.05) is 137 Å². The number of allylic oxidation sites excluding steroid dienone is 2. The molecule has 11 aliphatic rings. The average Bonchev–Trinajstić information content (AvgIpc) is 0.680. The fraction of sp³-hybridized carbons (Fsp3) is 0.558. The van der Waals surface area contributed by atoms with Crippen LogP contribution < -0.4 is 29.9 Å². The number of amides is 2. The van der Waals surface area contributed by atoms with E-state index in [0.717, 1.165) is 163 Å². The SMILES string of the molecule is CCCN(C)CC[C@H](CSc1ccccc1)Nc1ccc(S(=O)(=O)NC(=O)c2ccc(N3CCN(CC4=C(C56CC(C)(C5)C6)CC(C)(C)CC4)CC3)cc2)cc1C.Cc1cc(S(=O)(=O)NC(=O)c2ccc(N3CCN(CC4=C(C56CC(C)(C5)C6)CC(C)(C)CC4)CC3)cc2)ccc1N[C@H](CCN1CCCCC1)CSc1ccccc1. The third kappa shape index (κ3) is 21.0. The van der Waals surface area contributed by atoms with Crippen molar-refractivity contribution in [1.82, 2.24) is 29.0 Å². The summed E-state index contributed by atoms with van der Waals surface area (Å²) >= 11 is 3.66. The number of hydrogen-bond acceptors (Lipinski definition) is 16. The summed E-state index contributed by atoms with van der Waals surface area (Å²) in [5, 5.41) is 7.42. The summed E-state index contributed by atoms with van der Waals surface area (Å²) in [6.45, 7) is 36.2. The Balaban J connectivity index is 0.000000190. The van der Waals surface area contributed by atoms with E-state index < -0.39 is 31.9 Å². The number of anilines is 4. The molecule has 8 aliphatic carbocycles. The minimum absolute atomic E-state index is 0.0737. The highest BCUT2D eigenvalue weighted by Crippen LogP contribution is 2.79. The fourth-order valence-corrected chi connectivity index (χ4v) is 25.1. The molecule has 6 aromatic carbocycles. The van der Waals surface area contributed by atoms with Crippen LogP contribution in [0.15, 0.2) is 187 Å². The molecular formula is C95H130N10O6S4. The lowest BCUT2D eigenvalue weighted by atomic mass is 9.33. The van der Waals surface area contributed by atoms with Gasteiger partial charge in [0, 0.05) is 139 Å². The first kappa shape index (κ1) is 84.8. The number of piperazine rings is 2. The molecule has 4 N–H and O–H groups in total. The van der Waals surface area contributed by atoms with Gasteiger partial charge in [0.15, 0.2) is 0 Å². The lowest BCUT2D eigenvalue weighted by Gasteiger charge is -2.72. The molecule has 20 heteroatoms. The van der Waals surface area contributed by atoms with E-state index in [1.54, 1.807) is 59.7 Å². The molecule has 0 aromatic heterocycles. The number of carbonyl (C=O) groups excluding carboxylic acids is 2. The van der Waals surface area contributed by atoms with Gasteiger partial charge in [-0.1, -0.05) is 114 Å². The Morgan fingerprint density at radius 2 is 0.878 bits per heavy atom. The Bertz CT molecular complexity index is 4640. The van der Waals surface area contributed by atoms with Gasteiger partial charge in [0.25, 0.3) is 31.9 Å². The van der Waals surface area contributed by atoms with Crippen molar-refractivity contribution >= 4 is 78.1 Å². The van der Waals surface area contributed by atoms with Crippen molar-refractivity contribution in [3.63, 3.8) is 0 Å². The fourth-order valence-electron chi connectivity index (χ4n) is 20.9. The van der Waals surface area contributed by atoms with Crippen LogP contribution in [0.2, 0.25) is 0 Å². The molecule has 2 atom stereocenters. The maximum absolute atomic E-state index is 13.5. The van der Waals surface area contributed by atoms with E-state index in [1.165, 1.54) is 106 Å². The van der Waals surface area contributed by atoms with E-state index >= 15 is 0 Å². The Morgan fingerprint density at radius 3 is 1.26 bits per heavy atom. The zero-order valence-electron chi connectivity index (χ0n) is 70.5. The number of aryl methyl sites for hydroxylation is 2. The minimum atomic E-state index is -4.07. The van der Waals surface area contributed by atoms with Crippen LogP contribution in [0, 0.1) is 46.3 Å². The number of benzene rings is 6. The molecule has 115 heavy (non-hydrogen) atoms. The minimum Gasteiger partial charge on any atom is -0.381 e. The normalized spacial score (nSPS) is 24.6. The molecule has 4 bridgehead atoms. The third-order valence-corrected chi connectivity index (χ3v) is 32.1. The summed E-state index contributed by atoms with van der Waals surface area (Å²) in [7, 11) is -5.99. The van der Waals surface area contributed by atoms with Crippen LogP contribution >= 0.6 is 23.5 Å². The number of hydrogen-bond donors (Lipinski definition) is 4. The predicted octanol–water partition coefficient (Wildman–Crippen LogP) is 18.6. The number of thioether (sulfide) groups is 2. The second kappa shape index (κ2) is 35.7. The average molecular weight is 1640 g/mol. The lowest BCUT2D eigenvalue weighted by Crippen LogP contribution is -2.61. The molecule has 3 heterocycles. The molecule has 3 saturated heterocycles. The zero-order chi connectivity index (χ0) is 81.0. The van der Waals surface area contributed by atoms with Gasteiger partial charge in [-0.25, -0.2) is 26.3 Å². The van der Waals surface area contributed by atoms with E-state index in [1.807, 2.05) is 97.0 Å². The van der Waals surface area contributed by atoms with Crippen molar-refractivity contribution in [2.45, 2.75) is 210 Å². The molecule has 16 nitrogen and oxygen atoms in total. The highest BCUT2D eigenvalue weighted by molar-refractivity contribution is 7.99. The largest absolute Gasteiger partial charge is 0.381 e. The van der Waals surface area contributed by atoms with E-state index in [0.29, 0.717) is 43.6 Å². The number of rotatable bonds is 32. The van der Waals surface area contributed by atoms with Crippen molar-refractivity contribution in [3.05, 3.63) is 190 Å². The van der Waals surface area contributed by atoms with Crippen LogP contribution in [-0.4, -0.2) is 177 Å². The lowest BCUT2D eigenvalue weighted by molar-refractivity contribution is -0.167. The number of carbonyl (C=O) groups is 2. The smallest absolute Gasteiger partial charge is 0.264 e. The van der Waals surface area contributed by atoms with Crippen molar-refractivity contribution in [2.24, 2.45) is 32.5 Å². The second-order valence-corrected chi connectivity index (χ2v) is 43.8. The number of sulfonamides is 2. The molecule has 0 unspecified atom stereocenters. The van der Waals surface area contributed by atoms with Gasteiger partial charge >= 0.3 is 0 Å². The van der Waals surface area contributed by atoms with Gasteiger partial charge in [-0.05, 0) is 309 Å². The maximum atomic E-state index is 13.5. The molecular weight excluding hydrogens is 1510 g/mol. The molecule has 2 amide bonds. The van der Waals surface area contributed by atoms with Gasteiger partial charge in [0.05, 0.1) is 9.79 Å². The zero-order valence-corrected chi connectivity index (χ0v) is 73.8. The van der Waals surface area contributed by atoms with E-state index in [2.05, 4.69) is 154 Å². The molecule has 620 valence electrons. The first-order valence-electron chi connectivity index (χ1n) is 43.2. The van der Waals surface area contributed by atoms with E-state index in [9.17, 15) is 26.4 Å². The summed E-state index contributed by atoms with van der Waals surface area (Å²) in [5.41, 5.74) is 16.5. The van der Waals surface area contributed by atoms with Crippen molar-refractivity contribution in [1.29, 1.82) is 0 Å². The summed E-state index contributed by atoms with van der Waals surface area (Å²) in [6.07, 6.45) is 23.0. The second-order valence-electron chi connectivity index (χ2n) is 38.2. The standard InChI is InChI=1S/C48H65N5O3S2.C47H65N5O3S2/c1-36-29-42(17-18-44(36)49-39(20-24-51-22-9-6-10-23-51)32-57-41-11-7-5-8-12-41)58(55,56)50-45(54)37-13-15-40(16-14-37)53-27-25-52(26-28-53)31-38-19-21-46(2,3)30-43(38)48-33-47(4,34-48)35-48;1-7-22-50(6)23-20-38(31-56-40-11-9-8-10-12-40)48-43-18-17-41(28-35(43)2)57(54,55)49-44(53)36-13-15-39(16-14-36)52-26-24-51(25-27-52)30-37-19-21-45(3,4)29-42(37)47-32-46(5,33-47)34-47/h5,7-8,11-18,29,39,49H,6,9-10,19-28,30-35H2,1-4H3,(H,50,54);8-18,28,38,48H,7,19-27,29-34H2,1-6H3,(H,49,53)/t39-,47?,48?;38-,46?,47?/m11/s1. The molecule has 9 fully saturated rings. The van der Waals surface area contributed by atoms with Gasteiger partial charge in [0.2, 0.25) is 0 Å². The van der Waals surface area contributed by atoms with Gasteiger partial charge in [-0.3, -0.25) is 19.4 Å². The highest BCUT2D eigenvalue weighted by Gasteiger charge is 2.68. The Kier molecular flexibility index (Phi) is 26.4. The summed E-state index contributed by atoms with van der Waals surface area (Å²) in [5.74, 6) is 0.537. The summed E-state index contributed by atoms with van der Waals surface area (Å²) in [4.78, 5) is 44.1. The van der Waals surface area contributed by atoms with Gasteiger partial charge in [-0.2, -0.15) is 0 Å². The Hall–Kier alpha value is -6.62. The third-order valence-electron chi connectivity index (χ3n) is 27.1. The van der Waals surface area contributed by atoms with Crippen molar-refractivity contribution in [3.8, 4) is 0 Å². The summed E-state index contributed by atoms with van der Waals surface area (Å²) in [6, 6.07) is 46.2. The van der Waals surface area contributed by atoms with Crippen LogP contribution in [-0.2, 0) is 20.0 Å². The summed E-state index contributed by atoms with van der Waals surface area (Å²) < 4.78 is 58.5. The maximum Gasteiger partial charge on any atom is 0.264 e. The quantitative estimate of drug-likeness (QED) is 0.0232. The van der Waals surface area contributed by atoms with Gasteiger partial charge in [0.1, 0.15) is 0 Å². The molecule has 6 aromatic rings. The number of piperidine rings is 1. The molecule has 17 rings (SSSR count). The van der Waals surface area contributed by atoms with Crippen LogP contribution in [0.4, 0.5) is 22.7 Å². The number of likely N-dealkylation sites (tertiary alicyclic amines) is 1. The van der Waals surface area contributed by atoms with Gasteiger partial charge < -0.3 is 30.2 Å². The topological polar surface area (TPSA) is 170 Å². The van der Waals surface area contributed by atoms with Crippen molar-refractivity contribution < 1.29 is 26.4 Å². The molecule has 0 spiro atoms. The van der Waals surface area contributed by atoms with Crippen LogP contribution in [0.3, 0.4) is 0 Å². The molecule has 6 saturated carbocycles. The van der Waals surface area contributed by atoms with E-state index in [-0.39, 0.29) is 21.9 Å². The van der Waals surface area contributed by atoms with Crippen LogP contribution in [0.1, 0.15) is 196 Å². The number of nitrogens with one attached hydrogen (secondary N) is 4. The monoisotopic (exact) mass is 1630 g/mol. The number of nitrogens with zero attached hydrogens (tertiary/aromatic N) is 6. The van der Waals surface area contributed by atoms with Crippen LogP contribution in [0.5, 0.6) is 0 Å². The Morgan fingerprint density at radius 1 is 0.478 bits per heavy atom. The molecule has 0 radical (unpaired) electrons. The molecule has 3 aliphatic heterocycles. The Labute approximate surface area is 698 Å². The van der Waals surface area contributed by atoms with Gasteiger partial charge in [-0.15, -0.1) is 23.5 Å². The van der Waals surface area contributed by atoms with Crippen LogP contribution in [0.25, 0.3) is 0 Å². The van der Waals surface area contributed by atoms with E-state index in [4.69, 9.17) is 0 Å². The predicted molar refractivity (Wildman–Crippen MR) is 476 cm³/mol.